The van der Waals surface area contributed by atoms with Crippen molar-refractivity contribution in [3.8, 4) is 23.7 Å². The maximum atomic E-state index is 12.3. The maximum absolute atomic E-state index is 12.3. The first-order valence-corrected chi connectivity index (χ1v) is 10.2. The van der Waals surface area contributed by atoms with Gasteiger partial charge in [-0.1, -0.05) is 18.1 Å². The van der Waals surface area contributed by atoms with Gasteiger partial charge in [0.2, 0.25) is 11.7 Å². The maximum Gasteiger partial charge on any atom is 0.273 e. The summed E-state index contributed by atoms with van der Waals surface area (Å²) in [4.78, 5) is 25.7. The Kier molecular flexibility index (Phi) is 6.23. The Labute approximate surface area is 188 Å². The van der Waals surface area contributed by atoms with E-state index in [2.05, 4.69) is 47.5 Å². The third kappa shape index (κ3) is 4.78. The molecule has 1 aliphatic rings. The number of nitrogens with one attached hydrogen (secondary N) is 3. The SMILES string of the molecule is C#CCn1nnc(-c2cccc(Nc3cc(NC(=O)C4CC4)nnc3C(=O)NC)c2CO)n1. The summed E-state index contributed by atoms with van der Waals surface area (Å²) in [6.07, 6.45) is 6.97. The zero-order valence-corrected chi connectivity index (χ0v) is 17.7. The number of aliphatic hydroxyl groups excluding tert-OH is 1. The Balaban J connectivity index is 1.70. The Bertz CT molecular complexity index is 1240. The minimum absolute atomic E-state index is 0.0186. The molecule has 1 saturated carbocycles. The average Bonchev–Trinajstić information content (AvgIpc) is 3.58. The number of tetrazole rings is 1. The number of carbonyl (C=O) groups excluding carboxylic acids is 2. The molecule has 168 valence electrons. The van der Waals surface area contributed by atoms with Crippen molar-refractivity contribution in [2.45, 2.75) is 26.0 Å². The number of terminal acetylenes is 1. The van der Waals surface area contributed by atoms with Crippen molar-refractivity contribution in [1.29, 1.82) is 0 Å². The van der Waals surface area contributed by atoms with Crippen LogP contribution in [-0.4, -0.2) is 54.4 Å². The topological polar surface area (TPSA) is 160 Å². The monoisotopic (exact) mass is 447 g/mol. The molecule has 0 unspecified atom stereocenters. The highest BCUT2D eigenvalue weighted by Gasteiger charge is 2.30. The van der Waals surface area contributed by atoms with E-state index < -0.39 is 5.91 Å². The van der Waals surface area contributed by atoms with Crippen LogP contribution in [0.5, 0.6) is 0 Å². The van der Waals surface area contributed by atoms with E-state index >= 15 is 0 Å². The Morgan fingerprint density at radius 2 is 2.06 bits per heavy atom. The number of amides is 2. The number of benzene rings is 1. The Hall–Kier alpha value is -4.37. The number of aromatic nitrogens is 6. The van der Waals surface area contributed by atoms with Gasteiger partial charge >= 0.3 is 0 Å². The van der Waals surface area contributed by atoms with E-state index in [0.29, 0.717) is 22.5 Å². The standard InChI is InChI=1S/C21H21N9O3/c1-3-9-30-28-19(27-29-30)13-5-4-6-15(14(13)11-31)23-16-10-17(24-20(32)12-7-8-12)25-26-18(16)21(33)22-2/h1,4-6,10,12,31H,7-9,11H2,2H3,(H,22,33)(H2,23,24,25,32). The molecule has 2 amide bonds. The zero-order chi connectivity index (χ0) is 23.4. The molecule has 2 aromatic heterocycles. The highest BCUT2D eigenvalue weighted by atomic mass is 16.3. The van der Waals surface area contributed by atoms with Crippen molar-refractivity contribution in [3.05, 3.63) is 35.5 Å². The van der Waals surface area contributed by atoms with Crippen LogP contribution in [0.4, 0.5) is 17.2 Å². The summed E-state index contributed by atoms with van der Waals surface area (Å²) in [5.74, 6) is 2.30. The minimum atomic E-state index is -0.467. The number of aliphatic hydroxyl groups is 1. The van der Waals surface area contributed by atoms with E-state index in [9.17, 15) is 14.7 Å². The molecular formula is C21H21N9O3. The molecule has 4 rings (SSSR count). The summed E-state index contributed by atoms with van der Waals surface area (Å²) in [5.41, 5.74) is 1.82. The molecule has 2 heterocycles. The van der Waals surface area contributed by atoms with Crippen LogP contribution in [0.25, 0.3) is 11.4 Å². The molecule has 0 atom stereocenters. The van der Waals surface area contributed by atoms with Gasteiger partial charge in [-0.3, -0.25) is 9.59 Å². The lowest BCUT2D eigenvalue weighted by atomic mass is 10.0. The van der Waals surface area contributed by atoms with Gasteiger partial charge in [0.15, 0.2) is 11.5 Å². The van der Waals surface area contributed by atoms with Crippen molar-refractivity contribution >= 4 is 29.0 Å². The average molecular weight is 447 g/mol. The first-order valence-electron chi connectivity index (χ1n) is 10.2. The first kappa shape index (κ1) is 21.8. The second-order valence-electron chi connectivity index (χ2n) is 7.30. The van der Waals surface area contributed by atoms with Crippen molar-refractivity contribution in [2.24, 2.45) is 5.92 Å². The molecule has 3 aromatic rings. The molecule has 0 aliphatic heterocycles. The quantitative estimate of drug-likeness (QED) is 0.365. The predicted octanol–water partition coefficient (Wildman–Crippen LogP) is 0.707. The molecule has 1 fully saturated rings. The fourth-order valence-electron chi connectivity index (χ4n) is 3.14. The number of anilines is 3. The third-order valence-corrected chi connectivity index (χ3v) is 4.97. The Morgan fingerprint density at radius 3 is 2.76 bits per heavy atom. The number of hydrogen-bond acceptors (Lipinski definition) is 9. The minimum Gasteiger partial charge on any atom is -0.392 e. The van der Waals surface area contributed by atoms with Crippen molar-refractivity contribution in [1.82, 2.24) is 35.7 Å². The normalized spacial score (nSPS) is 12.6. The van der Waals surface area contributed by atoms with E-state index in [1.165, 1.54) is 17.9 Å². The number of rotatable bonds is 8. The molecule has 4 N–H and O–H groups in total. The van der Waals surface area contributed by atoms with Crippen LogP contribution in [-0.2, 0) is 17.9 Å². The summed E-state index contributed by atoms with van der Waals surface area (Å²) in [6.45, 7) is -0.186. The van der Waals surface area contributed by atoms with Gasteiger partial charge in [0.05, 0.1) is 12.3 Å². The van der Waals surface area contributed by atoms with Crippen LogP contribution in [0.3, 0.4) is 0 Å². The number of nitrogens with zero attached hydrogens (tertiary/aromatic N) is 6. The lowest BCUT2D eigenvalue weighted by Gasteiger charge is -2.16. The zero-order valence-electron chi connectivity index (χ0n) is 17.7. The lowest BCUT2D eigenvalue weighted by Crippen LogP contribution is -2.22. The van der Waals surface area contributed by atoms with Gasteiger partial charge in [-0.05, 0) is 24.1 Å². The number of hydrogen-bond donors (Lipinski definition) is 4. The highest BCUT2D eigenvalue weighted by molar-refractivity contribution is 5.99. The van der Waals surface area contributed by atoms with Crippen LogP contribution in [0.1, 0.15) is 28.9 Å². The van der Waals surface area contributed by atoms with E-state index in [-0.39, 0.29) is 42.3 Å². The second-order valence-corrected chi connectivity index (χ2v) is 7.30. The summed E-state index contributed by atoms with van der Waals surface area (Å²) in [5, 5.41) is 38.5. The van der Waals surface area contributed by atoms with E-state index in [1.807, 2.05) is 0 Å². The molecule has 0 bridgehead atoms. The largest absolute Gasteiger partial charge is 0.392 e. The molecule has 12 heteroatoms. The smallest absolute Gasteiger partial charge is 0.273 e. The van der Waals surface area contributed by atoms with E-state index in [1.54, 1.807) is 18.2 Å². The van der Waals surface area contributed by atoms with Crippen LogP contribution in [0.15, 0.2) is 24.3 Å². The fourth-order valence-corrected chi connectivity index (χ4v) is 3.14. The third-order valence-electron chi connectivity index (χ3n) is 4.97. The molecule has 33 heavy (non-hydrogen) atoms. The highest BCUT2D eigenvalue weighted by Crippen LogP contribution is 2.32. The fraction of sp³-hybridized carbons (Fsp3) is 0.286. The summed E-state index contributed by atoms with van der Waals surface area (Å²) >= 11 is 0. The van der Waals surface area contributed by atoms with Gasteiger partial charge < -0.3 is 21.1 Å². The molecule has 12 nitrogen and oxygen atoms in total. The number of carbonyl (C=O) groups is 2. The molecule has 1 aromatic carbocycles. The Morgan fingerprint density at radius 1 is 1.24 bits per heavy atom. The lowest BCUT2D eigenvalue weighted by molar-refractivity contribution is -0.117. The van der Waals surface area contributed by atoms with Gasteiger partial charge in [-0.15, -0.1) is 26.8 Å². The van der Waals surface area contributed by atoms with Gasteiger partial charge in [-0.2, -0.15) is 4.80 Å². The predicted molar refractivity (Wildman–Crippen MR) is 118 cm³/mol. The van der Waals surface area contributed by atoms with Gasteiger partial charge in [-0.25, -0.2) is 0 Å². The first-order chi connectivity index (χ1) is 16.0. The second kappa shape index (κ2) is 9.41. The summed E-state index contributed by atoms with van der Waals surface area (Å²) in [7, 11) is 1.47. The molecule has 0 radical (unpaired) electrons. The van der Waals surface area contributed by atoms with Crippen molar-refractivity contribution in [3.63, 3.8) is 0 Å². The van der Waals surface area contributed by atoms with E-state index in [4.69, 9.17) is 6.42 Å². The molecule has 0 spiro atoms. The molecule has 0 saturated heterocycles. The van der Waals surface area contributed by atoms with Crippen LogP contribution in [0.2, 0.25) is 0 Å². The van der Waals surface area contributed by atoms with Gasteiger partial charge in [0, 0.05) is 35.8 Å². The van der Waals surface area contributed by atoms with Crippen LogP contribution >= 0.6 is 0 Å². The van der Waals surface area contributed by atoms with Crippen LogP contribution in [0, 0.1) is 18.3 Å². The van der Waals surface area contributed by atoms with Gasteiger partial charge in [0.25, 0.3) is 5.91 Å². The van der Waals surface area contributed by atoms with E-state index in [0.717, 1.165) is 12.8 Å². The van der Waals surface area contributed by atoms with Crippen LogP contribution < -0.4 is 16.0 Å². The molecule has 1 aliphatic carbocycles. The van der Waals surface area contributed by atoms with Crippen molar-refractivity contribution < 1.29 is 14.7 Å². The molecular weight excluding hydrogens is 426 g/mol. The van der Waals surface area contributed by atoms with Gasteiger partial charge in [0.1, 0.15) is 6.54 Å². The van der Waals surface area contributed by atoms with Crippen molar-refractivity contribution in [2.75, 3.05) is 17.7 Å². The summed E-state index contributed by atoms with van der Waals surface area (Å²) in [6, 6.07) is 6.72. The summed E-state index contributed by atoms with van der Waals surface area (Å²) < 4.78 is 0.